The molecule has 0 saturated carbocycles. The average molecular weight is 223 g/mol. The first-order chi connectivity index (χ1) is 7.81. The van der Waals surface area contributed by atoms with Crippen molar-refractivity contribution in [2.45, 2.75) is 32.1 Å². The fraction of sp³-hybridized carbons (Fsp3) is 0.636. The highest BCUT2D eigenvalue weighted by Crippen LogP contribution is 2.16. The van der Waals surface area contributed by atoms with Crippen molar-refractivity contribution in [2.75, 3.05) is 18.5 Å². The first kappa shape index (κ1) is 11.1. The van der Waals surface area contributed by atoms with Crippen molar-refractivity contribution in [3.05, 3.63) is 21.6 Å². The standard InChI is InChI=1S/C11H17N3O2/c15-7-3-6-12-11-13-9-5-2-1-4-8(9)10(16)14-11/h15H,1-7H2,(H2,12,13,14,16). The van der Waals surface area contributed by atoms with Gasteiger partial charge < -0.3 is 10.4 Å². The summed E-state index contributed by atoms with van der Waals surface area (Å²) in [5.74, 6) is 0.527. The SMILES string of the molecule is O=c1[nH]c(NCCCO)nc2c1CCCC2. The average Bonchev–Trinajstić information content (AvgIpc) is 2.30. The van der Waals surface area contributed by atoms with Crippen molar-refractivity contribution >= 4 is 5.95 Å². The van der Waals surface area contributed by atoms with Crippen LogP contribution in [-0.4, -0.2) is 28.2 Å². The van der Waals surface area contributed by atoms with E-state index in [4.69, 9.17) is 5.11 Å². The van der Waals surface area contributed by atoms with Crippen molar-refractivity contribution in [3.63, 3.8) is 0 Å². The molecule has 0 saturated heterocycles. The van der Waals surface area contributed by atoms with Crippen LogP contribution in [0.25, 0.3) is 0 Å². The van der Waals surface area contributed by atoms with Gasteiger partial charge in [-0.05, 0) is 32.1 Å². The molecule has 1 aliphatic rings. The van der Waals surface area contributed by atoms with Crippen molar-refractivity contribution in [3.8, 4) is 0 Å². The molecule has 0 aliphatic heterocycles. The summed E-state index contributed by atoms with van der Waals surface area (Å²) in [5, 5.41) is 11.7. The van der Waals surface area contributed by atoms with E-state index in [9.17, 15) is 4.79 Å². The highest BCUT2D eigenvalue weighted by Gasteiger charge is 2.14. The maximum absolute atomic E-state index is 11.7. The van der Waals surface area contributed by atoms with Crippen LogP contribution in [0.15, 0.2) is 4.79 Å². The molecular formula is C11H17N3O2. The van der Waals surface area contributed by atoms with Crippen LogP contribution in [0.4, 0.5) is 5.95 Å². The molecule has 0 aromatic carbocycles. The fourth-order valence-corrected chi connectivity index (χ4v) is 1.97. The number of aliphatic hydroxyl groups excluding tert-OH is 1. The molecule has 1 aromatic heterocycles. The van der Waals surface area contributed by atoms with Gasteiger partial charge >= 0.3 is 0 Å². The van der Waals surface area contributed by atoms with Crippen molar-refractivity contribution in [1.29, 1.82) is 0 Å². The highest BCUT2D eigenvalue weighted by atomic mass is 16.3. The van der Waals surface area contributed by atoms with Crippen LogP contribution in [0.3, 0.4) is 0 Å². The molecule has 0 bridgehead atoms. The summed E-state index contributed by atoms with van der Waals surface area (Å²) in [7, 11) is 0. The molecule has 2 rings (SSSR count). The Bertz CT molecular complexity index is 414. The van der Waals surface area contributed by atoms with Crippen molar-refractivity contribution in [2.24, 2.45) is 0 Å². The lowest BCUT2D eigenvalue weighted by Crippen LogP contribution is -2.23. The van der Waals surface area contributed by atoms with Gasteiger partial charge in [0.2, 0.25) is 5.95 Å². The van der Waals surface area contributed by atoms with Crippen molar-refractivity contribution < 1.29 is 5.11 Å². The van der Waals surface area contributed by atoms with E-state index in [2.05, 4.69) is 15.3 Å². The van der Waals surface area contributed by atoms with Crippen LogP contribution in [0, 0.1) is 0 Å². The molecule has 16 heavy (non-hydrogen) atoms. The number of fused-ring (bicyclic) bond motifs is 1. The van der Waals surface area contributed by atoms with Gasteiger partial charge in [0.05, 0.1) is 5.69 Å². The Balaban J connectivity index is 2.15. The van der Waals surface area contributed by atoms with Gasteiger partial charge in [-0.1, -0.05) is 0 Å². The van der Waals surface area contributed by atoms with Gasteiger partial charge in [-0.25, -0.2) is 4.98 Å². The molecule has 5 nitrogen and oxygen atoms in total. The second-order valence-corrected chi connectivity index (χ2v) is 4.05. The largest absolute Gasteiger partial charge is 0.396 e. The van der Waals surface area contributed by atoms with Crippen molar-refractivity contribution in [1.82, 2.24) is 9.97 Å². The molecular weight excluding hydrogens is 206 g/mol. The monoisotopic (exact) mass is 223 g/mol. The first-order valence-corrected chi connectivity index (χ1v) is 5.78. The second kappa shape index (κ2) is 5.12. The number of hydrogen-bond donors (Lipinski definition) is 3. The molecule has 0 radical (unpaired) electrons. The van der Waals surface area contributed by atoms with Gasteiger partial charge in [0, 0.05) is 18.7 Å². The second-order valence-electron chi connectivity index (χ2n) is 4.05. The minimum Gasteiger partial charge on any atom is -0.396 e. The summed E-state index contributed by atoms with van der Waals surface area (Å²) in [6, 6.07) is 0. The Kier molecular flexibility index (Phi) is 3.56. The molecule has 1 aromatic rings. The topological polar surface area (TPSA) is 78.0 Å². The van der Waals surface area contributed by atoms with Gasteiger partial charge in [0.15, 0.2) is 0 Å². The van der Waals surface area contributed by atoms with Crippen LogP contribution in [0.5, 0.6) is 0 Å². The van der Waals surface area contributed by atoms with E-state index < -0.39 is 0 Å². The maximum atomic E-state index is 11.7. The summed E-state index contributed by atoms with van der Waals surface area (Å²) in [6.45, 7) is 0.764. The summed E-state index contributed by atoms with van der Waals surface area (Å²) in [6.07, 6.45) is 4.58. The van der Waals surface area contributed by atoms with E-state index in [0.717, 1.165) is 36.9 Å². The van der Waals surface area contributed by atoms with Gasteiger partial charge in [0.1, 0.15) is 0 Å². The van der Waals surface area contributed by atoms with Crippen LogP contribution in [0.2, 0.25) is 0 Å². The third-order valence-electron chi connectivity index (χ3n) is 2.82. The van der Waals surface area contributed by atoms with E-state index in [-0.39, 0.29) is 12.2 Å². The number of H-pyrrole nitrogens is 1. The first-order valence-electron chi connectivity index (χ1n) is 5.78. The van der Waals surface area contributed by atoms with E-state index in [1.165, 1.54) is 0 Å². The highest BCUT2D eigenvalue weighted by molar-refractivity contribution is 5.30. The van der Waals surface area contributed by atoms with E-state index in [1.54, 1.807) is 0 Å². The van der Waals surface area contributed by atoms with Crippen LogP contribution in [-0.2, 0) is 12.8 Å². The number of hydrogen-bond acceptors (Lipinski definition) is 4. The van der Waals surface area contributed by atoms with E-state index in [1.807, 2.05) is 0 Å². The van der Waals surface area contributed by atoms with Gasteiger partial charge in [0.25, 0.3) is 5.56 Å². The zero-order chi connectivity index (χ0) is 11.4. The lowest BCUT2D eigenvalue weighted by atomic mass is 9.97. The van der Waals surface area contributed by atoms with Gasteiger partial charge in [-0.3, -0.25) is 9.78 Å². The predicted molar refractivity (Wildman–Crippen MR) is 61.7 cm³/mol. The van der Waals surface area contributed by atoms with Crippen LogP contribution in [0.1, 0.15) is 30.5 Å². The van der Waals surface area contributed by atoms with E-state index >= 15 is 0 Å². The molecule has 1 aliphatic carbocycles. The summed E-state index contributed by atoms with van der Waals surface area (Å²) < 4.78 is 0. The minimum atomic E-state index is -0.0174. The number of nitrogens with zero attached hydrogens (tertiary/aromatic N) is 1. The fourth-order valence-electron chi connectivity index (χ4n) is 1.97. The molecule has 0 unspecified atom stereocenters. The maximum Gasteiger partial charge on any atom is 0.255 e. The Morgan fingerprint density at radius 3 is 3.00 bits per heavy atom. The van der Waals surface area contributed by atoms with Gasteiger partial charge in [-0.2, -0.15) is 0 Å². The van der Waals surface area contributed by atoms with E-state index in [0.29, 0.717) is 18.9 Å². The number of aromatic amines is 1. The predicted octanol–water partition coefficient (Wildman–Crippen LogP) is 0.443. The third kappa shape index (κ3) is 2.41. The number of aromatic nitrogens is 2. The Morgan fingerprint density at radius 1 is 1.38 bits per heavy atom. The Hall–Kier alpha value is -1.36. The number of rotatable bonds is 4. The molecule has 1 heterocycles. The molecule has 88 valence electrons. The van der Waals surface area contributed by atoms with Gasteiger partial charge in [-0.15, -0.1) is 0 Å². The number of anilines is 1. The Labute approximate surface area is 93.9 Å². The quantitative estimate of drug-likeness (QED) is 0.647. The summed E-state index contributed by atoms with van der Waals surface area (Å²) in [4.78, 5) is 18.9. The molecule has 3 N–H and O–H groups in total. The normalized spacial score (nSPS) is 14.6. The Morgan fingerprint density at radius 2 is 2.19 bits per heavy atom. The minimum absolute atomic E-state index is 0.0174. The number of aryl methyl sites for hydroxylation is 1. The molecule has 0 fully saturated rings. The lowest BCUT2D eigenvalue weighted by Gasteiger charge is -2.14. The lowest BCUT2D eigenvalue weighted by molar-refractivity contribution is 0.292. The number of aliphatic hydroxyl groups is 1. The molecule has 0 amide bonds. The summed E-state index contributed by atoms with van der Waals surface area (Å²) in [5.41, 5.74) is 1.76. The van der Waals surface area contributed by atoms with Crippen LogP contribution < -0.4 is 10.9 Å². The molecule has 0 spiro atoms. The summed E-state index contributed by atoms with van der Waals surface area (Å²) >= 11 is 0. The smallest absolute Gasteiger partial charge is 0.255 e. The van der Waals surface area contributed by atoms with Crippen LogP contribution >= 0.6 is 0 Å². The molecule has 5 heteroatoms. The zero-order valence-electron chi connectivity index (χ0n) is 9.25. The number of nitrogens with one attached hydrogen (secondary N) is 2. The zero-order valence-corrected chi connectivity index (χ0v) is 9.25. The third-order valence-corrected chi connectivity index (χ3v) is 2.82. The molecule has 0 atom stereocenters.